The van der Waals surface area contributed by atoms with Crippen molar-refractivity contribution in [2.45, 2.75) is 6.36 Å². The third kappa shape index (κ3) is 5.22. The second-order valence-electron chi connectivity index (χ2n) is 3.75. The standard InChI is InChI=1S/C11H11F3O3S/c1-8(7-18(2,15)16)9-3-5-10(6-4-9)17-11(12,13)14/h3-6H,1,7H2,2H3. The van der Waals surface area contributed by atoms with Gasteiger partial charge in [-0.2, -0.15) is 0 Å². The van der Waals surface area contributed by atoms with Crippen molar-refractivity contribution in [2.24, 2.45) is 0 Å². The predicted octanol–water partition coefficient (Wildman–Crippen LogP) is 2.64. The van der Waals surface area contributed by atoms with Gasteiger partial charge in [0.1, 0.15) is 5.75 Å². The topological polar surface area (TPSA) is 43.4 Å². The maximum absolute atomic E-state index is 11.9. The van der Waals surface area contributed by atoms with Crippen LogP contribution in [0.4, 0.5) is 13.2 Å². The highest BCUT2D eigenvalue weighted by Gasteiger charge is 2.30. The van der Waals surface area contributed by atoms with E-state index < -0.39 is 16.2 Å². The van der Waals surface area contributed by atoms with Crippen LogP contribution >= 0.6 is 0 Å². The molecule has 1 aromatic rings. The molecule has 0 bridgehead atoms. The largest absolute Gasteiger partial charge is 0.573 e. The van der Waals surface area contributed by atoms with Crippen LogP contribution in [0.2, 0.25) is 0 Å². The minimum Gasteiger partial charge on any atom is -0.406 e. The van der Waals surface area contributed by atoms with E-state index in [1.54, 1.807) is 0 Å². The van der Waals surface area contributed by atoms with Crippen LogP contribution in [0.5, 0.6) is 5.75 Å². The highest BCUT2D eigenvalue weighted by atomic mass is 32.2. The van der Waals surface area contributed by atoms with Crippen molar-refractivity contribution in [3.8, 4) is 5.75 Å². The summed E-state index contributed by atoms with van der Waals surface area (Å²) in [6.07, 6.45) is -3.69. The Hall–Kier alpha value is -1.50. The van der Waals surface area contributed by atoms with Crippen molar-refractivity contribution >= 4 is 15.4 Å². The SMILES string of the molecule is C=C(CS(C)(=O)=O)c1ccc(OC(F)(F)F)cc1. The summed E-state index contributed by atoms with van der Waals surface area (Å²) in [5, 5.41) is 0. The fourth-order valence-electron chi connectivity index (χ4n) is 1.29. The second kappa shape index (κ2) is 5.01. The van der Waals surface area contributed by atoms with E-state index in [0.29, 0.717) is 11.1 Å². The van der Waals surface area contributed by atoms with Crippen LogP contribution < -0.4 is 4.74 Å². The van der Waals surface area contributed by atoms with Gasteiger partial charge in [0.15, 0.2) is 9.84 Å². The first kappa shape index (κ1) is 14.6. The molecule has 7 heteroatoms. The third-order valence-electron chi connectivity index (χ3n) is 1.93. The Labute approximate surface area is 103 Å². The molecule has 0 saturated heterocycles. The highest BCUT2D eigenvalue weighted by Crippen LogP contribution is 2.24. The fraction of sp³-hybridized carbons (Fsp3) is 0.273. The van der Waals surface area contributed by atoms with Crippen molar-refractivity contribution in [1.29, 1.82) is 0 Å². The van der Waals surface area contributed by atoms with E-state index in [4.69, 9.17) is 0 Å². The smallest absolute Gasteiger partial charge is 0.406 e. The molecule has 0 fully saturated rings. The van der Waals surface area contributed by atoms with Crippen LogP contribution in [0.3, 0.4) is 0 Å². The van der Waals surface area contributed by atoms with Gasteiger partial charge >= 0.3 is 6.36 Å². The average Bonchev–Trinajstić information content (AvgIpc) is 2.13. The third-order valence-corrected chi connectivity index (χ3v) is 2.81. The van der Waals surface area contributed by atoms with Gasteiger partial charge in [-0.05, 0) is 23.3 Å². The maximum atomic E-state index is 11.9. The second-order valence-corrected chi connectivity index (χ2v) is 5.89. The summed E-state index contributed by atoms with van der Waals surface area (Å²) < 4.78 is 61.5. The maximum Gasteiger partial charge on any atom is 0.573 e. The molecule has 3 nitrogen and oxygen atoms in total. The zero-order valence-electron chi connectivity index (χ0n) is 9.49. The van der Waals surface area contributed by atoms with Gasteiger partial charge in [-0.15, -0.1) is 13.2 Å². The zero-order chi connectivity index (χ0) is 14.0. The summed E-state index contributed by atoms with van der Waals surface area (Å²) in [6.45, 7) is 3.57. The van der Waals surface area contributed by atoms with Crippen LogP contribution in [0.1, 0.15) is 5.56 Å². The van der Waals surface area contributed by atoms with E-state index in [-0.39, 0.29) is 11.5 Å². The number of ether oxygens (including phenoxy) is 1. The molecule has 18 heavy (non-hydrogen) atoms. The van der Waals surface area contributed by atoms with Crippen LogP contribution in [0.25, 0.3) is 5.57 Å². The molecule has 0 aliphatic carbocycles. The number of alkyl halides is 3. The average molecular weight is 280 g/mol. The monoisotopic (exact) mass is 280 g/mol. The van der Waals surface area contributed by atoms with Crippen LogP contribution in [0, 0.1) is 0 Å². The van der Waals surface area contributed by atoms with Gasteiger partial charge < -0.3 is 4.74 Å². The Balaban J connectivity index is 2.80. The van der Waals surface area contributed by atoms with E-state index in [2.05, 4.69) is 11.3 Å². The molecule has 0 N–H and O–H groups in total. The van der Waals surface area contributed by atoms with Crippen LogP contribution in [-0.2, 0) is 9.84 Å². The quantitative estimate of drug-likeness (QED) is 0.851. The van der Waals surface area contributed by atoms with Crippen molar-refractivity contribution in [3.63, 3.8) is 0 Å². The summed E-state index contributed by atoms with van der Waals surface area (Å²) >= 11 is 0. The van der Waals surface area contributed by atoms with Gasteiger partial charge in [0.2, 0.25) is 0 Å². The Kier molecular flexibility index (Phi) is 4.05. The van der Waals surface area contributed by atoms with E-state index in [1.807, 2.05) is 0 Å². The van der Waals surface area contributed by atoms with E-state index in [1.165, 1.54) is 12.1 Å². The molecule has 0 aromatic heterocycles. The van der Waals surface area contributed by atoms with Crippen molar-refractivity contribution < 1.29 is 26.3 Å². The van der Waals surface area contributed by atoms with Gasteiger partial charge in [0, 0.05) is 6.26 Å². The molecule has 100 valence electrons. The van der Waals surface area contributed by atoms with E-state index in [0.717, 1.165) is 18.4 Å². The molecule has 0 amide bonds. The minimum absolute atomic E-state index is 0.244. The normalized spacial score (nSPS) is 12.2. The summed E-state index contributed by atoms with van der Waals surface area (Å²) in [5.41, 5.74) is 0.769. The van der Waals surface area contributed by atoms with Crippen molar-refractivity contribution in [2.75, 3.05) is 12.0 Å². The molecular weight excluding hydrogens is 269 g/mol. The molecule has 0 radical (unpaired) electrons. The lowest BCUT2D eigenvalue weighted by Crippen LogP contribution is -2.17. The number of hydrogen-bond acceptors (Lipinski definition) is 3. The van der Waals surface area contributed by atoms with Gasteiger partial charge in [-0.1, -0.05) is 18.7 Å². The summed E-state index contributed by atoms with van der Waals surface area (Å²) in [7, 11) is -3.22. The molecule has 0 aliphatic rings. The van der Waals surface area contributed by atoms with Crippen LogP contribution in [0.15, 0.2) is 30.8 Å². The number of halogens is 3. The Bertz CT molecular complexity index is 530. The number of rotatable bonds is 4. The molecule has 0 heterocycles. The Morgan fingerprint density at radius 2 is 1.78 bits per heavy atom. The highest BCUT2D eigenvalue weighted by molar-refractivity contribution is 7.91. The Morgan fingerprint density at radius 3 is 2.17 bits per heavy atom. The van der Waals surface area contributed by atoms with Gasteiger partial charge in [-0.3, -0.25) is 0 Å². The van der Waals surface area contributed by atoms with Gasteiger partial charge in [0.05, 0.1) is 5.75 Å². The first-order chi connectivity index (χ1) is 8.07. The van der Waals surface area contributed by atoms with E-state index >= 15 is 0 Å². The summed E-state index contributed by atoms with van der Waals surface area (Å²) in [4.78, 5) is 0. The molecule has 0 aliphatic heterocycles. The first-order valence-electron chi connectivity index (χ1n) is 4.78. The molecule has 1 rings (SSSR count). The van der Waals surface area contributed by atoms with Gasteiger partial charge in [0.25, 0.3) is 0 Å². The number of benzene rings is 1. The number of hydrogen-bond donors (Lipinski definition) is 0. The van der Waals surface area contributed by atoms with E-state index in [9.17, 15) is 21.6 Å². The molecule has 1 aromatic carbocycles. The lowest BCUT2D eigenvalue weighted by molar-refractivity contribution is -0.274. The molecule has 0 atom stereocenters. The molecule has 0 unspecified atom stereocenters. The lowest BCUT2D eigenvalue weighted by atomic mass is 10.1. The molecular formula is C11H11F3O3S. The van der Waals surface area contributed by atoms with Crippen molar-refractivity contribution in [3.05, 3.63) is 36.4 Å². The summed E-state index contributed by atoms with van der Waals surface area (Å²) in [5.74, 6) is -0.606. The number of sulfone groups is 1. The molecule has 0 spiro atoms. The fourth-order valence-corrected chi connectivity index (χ4v) is 2.09. The van der Waals surface area contributed by atoms with Crippen molar-refractivity contribution in [1.82, 2.24) is 0 Å². The van der Waals surface area contributed by atoms with Gasteiger partial charge in [-0.25, -0.2) is 8.42 Å². The Morgan fingerprint density at radius 1 is 1.28 bits per heavy atom. The molecule has 0 saturated carbocycles. The summed E-state index contributed by atoms with van der Waals surface area (Å²) in [6, 6.07) is 4.87. The predicted molar refractivity (Wildman–Crippen MR) is 61.9 cm³/mol. The van der Waals surface area contributed by atoms with Crippen LogP contribution in [-0.4, -0.2) is 26.8 Å². The zero-order valence-corrected chi connectivity index (χ0v) is 10.3. The first-order valence-corrected chi connectivity index (χ1v) is 6.84. The minimum atomic E-state index is -4.74. The lowest BCUT2D eigenvalue weighted by Gasteiger charge is -2.10.